The molecule has 0 saturated heterocycles. The third-order valence-corrected chi connectivity index (χ3v) is 6.78. The molecule has 212 valence electrons. The number of non-ortho nitro benzene ring substituents is 1. The summed E-state index contributed by atoms with van der Waals surface area (Å²) in [5.41, 5.74) is 4.23. The minimum atomic E-state index is -0.826. The van der Waals surface area contributed by atoms with Gasteiger partial charge in [-0.2, -0.15) is 5.26 Å². The summed E-state index contributed by atoms with van der Waals surface area (Å²) >= 11 is 0. The van der Waals surface area contributed by atoms with Crippen LogP contribution in [0.5, 0.6) is 11.5 Å². The summed E-state index contributed by atoms with van der Waals surface area (Å²) in [5.74, 6) is 5.22. The number of fused-ring (bicyclic) bond motifs is 1. The molecule has 7 nitrogen and oxygen atoms in total. The molecule has 0 aliphatic carbocycles. The summed E-state index contributed by atoms with van der Waals surface area (Å²) in [6.07, 6.45) is 0. The molecule has 4 rings (SSSR count). The largest absolute Gasteiger partial charge is 0.488 e. The molecular formula is C35H32N2O5. The molecule has 4 aromatic rings. The van der Waals surface area contributed by atoms with Crippen LogP contribution in [-0.4, -0.2) is 10.9 Å². The zero-order valence-electron chi connectivity index (χ0n) is 24.6. The highest BCUT2D eigenvalue weighted by Crippen LogP contribution is 2.32. The molecule has 0 saturated carbocycles. The minimum absolute atomic E-state index is 0.0436. The second-order valence-corrected chi connectivity index (χ2v) is 12.1. The van der Waals surface area contributed by atoms with E-state index in [1.54, 1.807) is 24.3 Å². The number of carbonyl (C=O) groups excluding carboxylic acids is 1. The molecule has 7 heteroatoms. The minimum Gasteiger partial charge on any atom is -0.488 e. The van der Waals surface area contributed by atoms with Crippen molar-refractivity contribution in [3.63, 3.8) is 0 Å². The fourth-order valence-corrected chi connectivity index (χ4v) is 4.31. The summed E-state index contributed by atoms with van der Waals surface area (Å²) < 4.78 is 11.6. The fourth-order valence-electron chi connectivity index (χ4n) is 4.31. The Morgan fingerprint density at radius 1 is 0.881 bits per heavy atom. The second-order valence-electron chi connectivity index (χ2n) is 12.1. The monoisotopic (exact) mass is 560 g/mol. The molecule has 0 fully saturated rings. The highest BCUT2D eigenvalue weighted by molar-refractivity contribution is 5.95. The Bertz CT molecular complexity index is 1740. The molecule has 42 heavy (non-hydrogen) atoms. The maximum absolute atomic E-state index is 12.6. The van der Waals surface area contributed by atoms with Crippen molar-refractivity contribution in [3.8, 4) is 29.4 Å². The van der Waals surface area contributed by atoms with Gasteiger partial charge in [0.2, 0.25) is 0 Å². The summed E-state index contributed by atoms with van der Waals surface area (Å²) in [6, 6.07) is 22.7. The van der Waals surface area contributed by atoms with Crippen LogP contribution in [0.25, 0.3) is 10.8 Å². The normalized spacial score (nSPS) is 11.3. The van der Waals surface area contributed by atoms with Gasteiger partial charge in [0, 0.05) is 23.4 Å². The van der Waals surface area contributed by atoms with Gasteiger partial charge >= 0.3 is 5.97 Å². The lowest BCUT2D eigenvalue weighted by Crippen LogP contribution is -2.17. The number of nitriles is 1. The van der Waals surface area contributed by atoms with Crippen molar-refractivity contribution < 1.29 is 19.2 Å². The van der Waals surface area contributed by atoms with E-state index in [1.165, 1.54) is 35.4 Å². The molecular weight excluding hydrogens is 528 g/mol. The standard InChI is InChI=1S/C35H32N2O5/c1-34(2,3)26-18-24(19-27(20-26)35(4,5)6)22-41-32-15-8-25-17-23(21-36)7-13-30(25)31(32)14-16-33(38)42-29-11-9-28(10-12-29)37(39)40/h7-13,15,17-20H,22H2,1-6H3. The van der Waals surface area contributed by atoms with E-state index < -0.39 is 10.9 Å². The number of esters is 1. The molecule has 0 heterocycles. The molecule has 0 aliphatic heterocycles. The predicted octanol–water partition coefficient (Wildman–Crippen LogP) is 7.75. The number of rotatable bonds is 5. The van der Waals surface area contributed by atoms with E-state index in [2.05, 4.69) is 77.7 Å². The third kappa shape index (κ3) is 7.13. The molecule has 0 spiro atoms. The van der Waals surface area contributed by atoms with Gasteiger partial charge in [-0.3, -0.25) is 10.1 Å². The van der Waals surface area contributed by atoms with Crippen LogP contribution in [-0.2, 0) is 22.2 Å². The number of carbonyl (C=O) groups is 1. The first-order chi connectivity index (χ1) is 19.7. The van der Waals surface area contributed by atoms with E-state index >= 15 is 0 Å². The number of hydrogen-bond acceptors (Lipinski definition) is 6. The van der Waals surface area contributed by atoms with Gasteiger partial charge in [0.1, 0.15) is 18.1 Å². The number of nitro groups is 1. The average molecular weight is 561 g/mol. The lowest BCUT2D eigenvalue weighted by molar-refractivity contribution is -0.384. The maximum atomic E-state index is 12.6. The van der Waals surface area contributed by atoms with Crippen molar-refractivity contribution in [1.82, 2.24) is 0 Å². The third-order valence-electron chi connectivity index (χ3n) is 6.78. The number of ether oxygens (including phenoxy) is 2. The van der Waals surface area contributed by atoms with E-state index in [1.807, 2.05) is 6.07 Å². The number of nitro benzene ring substituents is 1. The van der Waals surface area contributed by atoms with Crippen LogP contribution in [0.4, 0.5) is 5.69 Å². The van der Waals surface area contributed by atoms with E-state index in [0.29, 0.717) is 16.9 Å². The molecule has 0 radical (unpaired) electrons. The van der Waals surface area contributed by atoms with Crippen molar-refractivity contribution >= 4 is 22.4 Å². The Hall–Kier alpha value is -5.14. The maximum Gasteiger partial charge on any atom is 0.390 e. The van der Waals surface area contributed by atoms with Gasteiger partial charge < -0.3 is 9.47 Å². The molecule has 0 unspecified atom stereocenters. The Labute approximate surface area is 245 Å². The van der Waals surface area contributed by atoms with Crippen LogP contribution in [0.15, 0.2) is 72.8 Å². The first kappa shape index (κ1) is 29.8. The smallest absolute Gasteiger partial charge is 0.390 e. The SMILES string of the molecule is CC(C)(C)c1cc(COc2ccc3cc(C#N)ccc3c2C#CC(=O)Oc2ccc([N+](=O)[O-])cc2)cc(C(C)(C)C)c1. The zero-order chi connectivity index (χ0) is 30.7. The summed E-state index contributed by atoms with van der Waals surface area (Å²) in [6.45, 7) is 13.4. The van der Waals surface area contributed by atoms with Gasteiger partial charge in [-0.25, -0.2) is 4.79 Å². The van der Waals surface area contributed by atoms with Crippen LogP contribution >= 0.6 is 0 Å². The second kappa shape index (κ2) is 11.8. The van der Waals surface area contributed by atoms with Crippen molar-refractivity contribution in [2.75, 3.05) is 0 Å². The van der Waals surface area contributed by atoms with Crippen molar-refractivity contribution in [2.24, 2.45) is 0 Å². The molecule has 0 atom stereocenters. The fraction of sp³-hybridized carbons (Fsp3) is 0.257. The van der Waals surface area contributed by atoms with E-state index in [0.717, 1.165) is 16.3 Å². The number of hydrogen-bond donors (Lipinski definition) is 0. The van der Waals surface area contributed by atoms with Crippen LogP contribution in [0.1, 0.15) is 69.4 Å². The lowest BCUT2D eigenvalue weighted by atomic mass is 9.79. The van der Waals surface area contributed by atoms with Gasteiger partial charge in [0.15, 0.2) is 0 Å². The van der Waals surface area contributed by atoms with Crippen LogP contribution in [0.2, 0.25) is 0 Å². The Morgan fingerprint density at radius 3 is 2.10 bits per heavy atom. The van der Waals surface area contributed by atoms with Crippen molar-refractivity contribution in [2.45, 2.75) is 59.0 Å². The summed E-state index contributed by atoms with van der Waals surface area (Å²) in [5, 5.41) is 21.7. The molecule has 0 bridgehead atoms. The Kier molecular flexibility index (Phi) is 8.36. The van der Waals surface area contributed by atoms with Crippen molar-refractivity contribution in [1.29, 1.82) is 5.26 Å². The van der Waals surface area contributed by atoms with Gasteiger partial charge in [-0.1, -0.05) is 77.8 Å². The summed E-state index contributed by atoms with van der Waals surface area (Å²) in [7, 11) is 0. The molecule has 0 N–H and O–H groups in total. The van der Waals surface area contributed by atoms with E-state index in [9.17, 15) is 20.2 Å². The van der Waals surface area contributed by atoms with E-state index in [4.69, 9.17) is 9.47 Å². The molecule has 0 aromatic heterocycles. The van der Waals surface area contributed by atoms with Crippen LogP contribution in [0.3, 0.4) is 0 Å². The quantitative estimate of drug-likeness (QED) is 0.0813. The Balaban J connectivity index is 1.69. The average Bonchev–Trinajstić information content (AvgIpc) is 2.93. The Morgan fingerprint density at radius 2 is 1.52 bits per heavy atom. The first-order valence-electron chi connectivity index (χ1n) is 13.5. The van der Waals surface area contributed by atoms with Gasteiger partial charge in [0.05, 0.1) is 22.1 Å². The number of benzene rings is 4. The summed E-state index contributed by atoms with van der Waals surface area (Å²) in [4.78, 5) is 22.9. The lowest BCUT2D eigenvalue weighted by Gasteiger charge is -2.26. The van der Waals surface area contributed by atoms with Crippen LogP contribution < -0.4 is 9.47 Å². The zero-order valence-corrected chi connectivity index (χ0v) is 24.6. The highest BCUT2D eigenvalue weighted by atomic mass is 16.6. The van der Waals surface area contributed by atoms with E-state index in [-0.39, 0.29) is 28.9 Å². The van der Waals surface area contributed by atoms with Gasteiger partial charge in [0.25, 0.3) is 5.69 Å². The number of nitrogens with zero attached hydrogens (tertiary/aromatic N) is 2. The van der Waals surface area contributed by atoms with Crippen molar-refractivity contribution in [3.05, 3.63) is 111 Å². The molecule has 0 aliphatic rings. The first-order valence-corrected chi connectivity index (χ1v) is 13.5. The van der Waals surface area contributed by atoms with Crippen LogP contribution in [0, 0.1) is 33.3 Å². The van der Waals surface area contributed by atoms with Gasteiger partial charge in [-0.05, 0) is 63.2 Å². The highest BCUT2D eigenvalue weighted by Gasteiger charge is 2.21. The topological polar surface area (TPSA) is 102 Å². The molecule has 0 amide bonds. The molecule has 4 aromatic carbocycles. The predicted molar refractivity (Wildman–Crippen MR) is 162 cm³/mol. The van der Waals surface area contributed by atoms with Gasteiger partial charge in [-0.15, -0.1) is 0 Å².